The topological polar surface area (TPSA) is 52.3 Å². The van der Waals surface area contributed by atoms with E-state index in [0.29, 0.717) is 23.6 Å². The normalized spacial score (nSPS) is 10.6. The minimum atomic E-state index is -0.424. The zero-order valence-electron chi connectivity index (χ0n) is 11.4. The van der Waals surface area contributed by atoms with E-state index in [9.17, 15) is 9.18 Å². The van der Waals surface area contributed by atoms with Crippen molar-refractivity contribution in [2.24, 2.45) is 0 Å². The first-order chi connectivity index (χ1) is 9.58. The van der Waals surface area contributed by atoms with Crippen LogP contribution in [0.5, 0.6) is 0 Å². The van der Waals surface area contributed by atoms with Crippen LogP contribution >= 0.6 is 11.3 Å². The van der Waals surface area contributed by atoms with Gasteiger partial charge in [0, 0.05) is 4.88 Å². The van der Waals surface area contributed by atoms with Gasteiger partial charge in [0.2, 0.25) is 0 Å². The molecule has 1 aromatic carbocycles. The SMILES string of the molecule is CCOC(=O)c1sc(-c2cccc(F)c2)c(CC)c1N. The van der Waals surface area contributed by atoms with Crippen molar-refractivity contribution >= 4 is 23.0 Å². The minimum absolute atomic E-state index is 0.299. The van der Waals surface area contributed by atoms with Crippen LogP contribution in [0.4, 0.5) is 10.1 Å². The van der Waals surface area contributed by atoms with Crippen molar-refractivity contribution in [3.63, 3.8) is 0 Å². The van der Waals surface area contributed by atoms with E-state index >= 15 is 0 Å². The van der Waals surface area contributed by atoms with Crippen LogP contribution in [-0.2, 0) is 11.2 Å². The maximum absolute atomic E-state index is 13.4. The molecular weight excluding hydrogens is 277 g/mol. The van der Waals surface area contributed by atoms with Crippen molar-refractivity contribution in [3.8, 4) is 10.4 Å². The number of rotatable bonds is 4. The standard InChI is InChI=1S/C15H16FNO2S/c1-3-11-12(17)14(15(18)19-4-2)20-13(11)9-6-5-7-10(16)8-9/h5-8H,3-4,17H2,1-2H3. The van der Waals surface area contributed by atoms with Crippen LogP contribution < -0.4 is 5.73 Å². The van der Waals surface area contributed by atoms with Gasteiger partial charge in [-0.3, -0.25) is 0 Å². The average Bonchev–Trinajstić information content (AvgIpc) is 2.76. The Labute approximate surface area is 121 Å². The number of nitrogens with two attached hydrogens (primary N) is 1. The fourth-order valence-electron chi connectivity index (χ4n) is 2.04. The molecule has 0 saturated carbocycles. The number of anilines is 1. The monoisotopic (exact) mass is 293 g/mol. The first-order valence-electron chi connectivity index (χ1n) is 6.42. The molecule has 0 aliphatic rings. The summed E-state index contributed by atoms with van der Waals surface area (Å²) in [5, 5.41) is 0. The predicted molar refractivity (Wildman–Crippen MR) is 79.5 cm³/mol. The molecule has 0 fully saturated rings. The van der Waals surface area contributed by atoms with Crippen molar-refractivity contribution in [2.45, 2.75) is 20.3 Å². The number of thiophene rings is 1. The molecule has 106 valence electrons. The van der Waals surface area contributed by atoms with Crippen LogP contribution in [0.2, 0.25) is 0 Å². The largest absolute Gasteiger partial charge is 0.462 e. The molecule has 2 N–H and O–H groups in total. The Bertz CT molecular complexity index is 637. The molecule has 0 amide bonds. The Hall–Kier alpha value is -1.88. The highest BCUT2D eigenvalue weighted by atomic mass is 32.1. The average molecular weight is 293 g/mol. The van der Waals surface area contributed by atoms with Crippen LogP contribution in [0.25, 0.3) is 10.4 Å². The number of carbonyl (C=O) groups is 1. The second-order valence-corrected chi connectivity index (χ2v) is 5.26. The number of hydrogen-bond donors (Lipinski definition) is 1. The number of carbonyl (C=O) groups excluding carboxylic acids is 1. The fraction of sp³-hybridized carbons (Fsp3) is 0.267. The van der Waals surface area contributed by atoms with Crippen LogP contribution in [0, 0.1) is 5.82 Å². The maximum Gasteiger partial charge on any atom is 0.350 e. The number of ether oxygens (including phenoxy) is 1. The number of benzene rings is 1. The molecule has 2 aromatic rings. The Morgan fingerprint density at radius 2 is 2.15 bits per heavy atom. The Morgan fingerprint density at radius 3 is 2.75 bits per heavy atom. The van der Waals surface area contributed by atoms with E-state index < -0.39 is 5.97 Å². The third kappa shape index (κ3) is 2.67. The highest BCUT2D eigenvalue weighted by Gasteiger charge is 2.21. The molecule has 0 saturated heterocycles. The molecule has 0 unspecified atom stereocenters. The van der Waals surface area contributed by atoms with E-state index in [0.717, 1.165) is 16.0 Å². The molecule has 0 radical (unpaired) electrons. The van der Waals surface area contributed by atoms with Crippen molar-refractivity contribution in [2.75, 3.05) is 12.3 Å². The van der Waals surface area contributed by atoms with Gasteiger partial charge in [0.1, 0.15) is 10.7 Å². The van der Waals surface area contributed by atoms with Crippen molar-refractivity contribution < 1.29 is 13.9 Å². The minimum Gasteiger partial charge on any atom is -0.462 e. The summed E-state index contributed by atoms with van der Waals surface area (Å²) < 4.78 is 18.4. The van der Waals surface area contributed by atoms with Gasteiger partial charge in [-0.15, -0.1) is 11.3 Å². The molecule has 2 rings (SSSR count). The summed E-state index contributed by atoms with van der Waals surface area (Å²) in [6.07, 6.45) is 0.674. The van der Waals surface area contributed by atoms with Gasteiger partial charge >= 0.3 is 5.97 Å². The van der Waals surface area contributed by atoms with Crippen LogP contribution in [0.15, 0.2) is 24.3 Å². The lowest BCUT2D eigenvalue weighted by Gasteiger charge is -2.02. The number of halogens is 1. The number of esters is 1. The Morgan fingerprint density at radius 1 is 1.40 bits per heavy atom. The molecule has 0 atom stereocenters. The zero-order chi connectivity index (χ0) is 14.7. The molecule has 0 spiro atoms. The number of nitrogen functional groups attached to an aromatic ring is 1. The van der Waals surface area contributed by atoms with Crippen molar-refractivity contribution in [3.05, 3.63) is 40.5 Å². The van der Waals surface area contributed by atoms with Gasteiger partial charge in [0.15, 0.2) is 0 Å². The van der Waals surface area contributed by atoms with Gasteiger partial charge in [-0.2, -0.15) is 0 Å². The van der Waals surface area contributed by atoms with Crippen LogP contribution in [-0.4, -0.2) is 12.6 Å². The lowest BCUT2D eigenvalue weighted by Crippen LogP contribution is -2.05. The zero-order valence-corrected chi connectivity index (χ0v) is 12.2. The lowest BCUT2D eigenvalue weighted by molar-refractivity contribution is 0.0533. The summed E-state index contributed by atoms with van der Waals surface area (Å²) in [5.41, 5.74) is 8.07. The van der Waals surface area contributed by atoms with E-state index in [1.165, 1.54) is 23.5 Å². The molecule has 5 heteroatoms. The van der Waals surface area contributed by atoms with Gasteiger partial charge in [0.05, 0.1) is 12.3 Å². The second-order valence-electron chi connectivity index (χ2n) is 4.24. The van der Waals surface area contributed by atoms with Crippen molar-refractivity contribution in [1.82, 2.24) is 0 Å². The van der Waals surface area contributed by atoms with Crippen LogP contribution in [0.3, 0.4) is 0 Å². The van der Waals surface area contributed by atoms with Gasteiger partial charge in [-0.1, -0.05) is 19.1 Å². The van der Waals surface area contributed by atoms with E-state index in [4.69, 9.17) is 10.5 Å². The van der Waals surface area contributed by atoms with E-state index in [2.05, 4.69) is 0 Å². The highest BCUT2D eigenvalue weighted by molar-refractivity contribution is 7.18. The molecule has 0 bridgehead atoms. The van der Waals surface area contributed by atoms with Crippen molar-refractivity contribution in [1.29, 1.82) is 0 Å². The summed E-state index contributed by atoms with van der Waals surface area (Å²) in [5.74, 6) is -0.735. The van der Waals surface area contributed by atoms with Gasteiger partial charge < -0.3 is 10.5 Å². The summed E-state index contributed by atoms with van der Waals surface area (Å²) in [6, 6.07) is 6.28. The molecule has 0 aliphatic carbocycles. The third-order valence-corrected chi connectivity index (χ3v) is 4.23. The first-order valence-corrected chi connectivity index (χ1v) is 7.24. The Balaban J connectivity index is 2.54. The quantitative estimate of drug-likeness (QED) is 0.870. The van der Waals surface area contributed by atoms with Gasteiger partial charge in [-0.25, -0.2) is 9.18 Å². The molecule has 20 heavy (non-hydrogen) atoms. The summed E-state index contributed by atoms with van der Waals surface area (Å²) in [4.78, 5) is 13.1. The molecule has 1 aromatic heterocycles. The lowest BCUT2D eigenvalue weighted by atomic mass is 10.1. The van der Waals surface area contributed by atoms with Gasteiger partial charge in [-0.05, 0) is 36.6 Å². The second kappa shape index (κ2) is 6.05. The number of hydrogen-bond acceptors (Lipinski definition) is 4. The van der Waals surface area contributed by atoms with E-state index in [1.54, 1.807) is 13.0 Å². The van der Waals surface area contributed by atoms with E-state index in [1.807, 2.05) is 13.0 Å². The molecule has 0 aliphatic heterocycles. The highest BCUT2D eigenvalue weighted by Crippen LogP contribution is 2.39. The summed E-state index contributed by atoms with van der Waals surface area (Å²) in [7, 11) is 0. The fourth-order valence-corrected chi connectivity index (χ4v) is 3.24. The first kappa shape index (κ1) is 14.5. The molecular formula is C15H16FNO2S. The molecule has 1 heterocycles. The van der Waals surface area contributed by atoms with E-state index in [-0.39, 0.29) is 5.82 Å². The summed E-state index contributed by atoms with van der Waals surface area (Å²) >= 11 is 1.25. The molecule has 3 nitrogen and oxygen atoms in total. The third-order valence-electron chi connectivity index (χ3n) is 2.95. The predicted octanol–water partition coefficient (Wildman–Crippen LogP) is 3.88. The van der Waals surface area contributed by atoms with Gasteiger partial charge in [0.25, 0.3) is 0 Å². The van der Waals surface area contributed by atoms with Crippen LogP contribution in [0.1, 0.15) is 29.1 Å². The maximum atomic E-state index is 13.4. The smallest absolute Gasteiger partial charge is 0.350 e. The Kier molecular flexibility index (Phi) is 4.39. The summed E-state index contributed by atoms with van der Waals surface area (Å²) in [6.45, 7) is 4.00.